The maximum Gasteiger partial charge on any atom is 0.135 e. The number of nitrogens with zero attached hydrogens (tertiary/aromatic N) is 2. The Hall–Kier alpha value is -1.32. The van der Waals surface area contributed by atoms with Crippen LogP contribution in [0.3, 0.4) is 0 Å². The second-order valence-electron chi connectivity index (χ2n) is 4.58. The predicted octanol–water partition coefficient (Wildman–Crippen LogP) is 4.29. The number of aryl methyl sites for hydroxylation is 1. The zero-order valence-corrected chi connectivity index (χ0v) is 13.3. The first-order valence-electron chi connectivity index (χ1n) is 6.53. The first-order valence-corrected chi connectivity index (χ1v) is 7.28. The third-order valence-corrected chi connectivity index (χ3v) is 3.82. The average Bonchev–Trinajstić information content (AvgIpc) is 2.43. The topological polar surface area (TPSA) is 37.8 Å². The summed E-state index contributed by atoms with van der Waals surface area (Å²) in [5.41, 5.74) is 3.13. The molecule has 0 saturated heterocycles. The Balaban J connectivity index is 2.38. The maximum atomic E-state index is 6.20. The number of anilines is 1. The first kappa shape index (κ1) is 15.1. The number of aromatic nitrogens is 2. The minimum absolute atomic E-state index is 0.595. The summed E-state index contributed by atoms with van der Waals surface area (Å²) < 4.78 is 0. The lowest BCUT2D eigenvalue weighted by Gasteiger charge is -2.11. The number of hydrogen-bond acceptors (Lipinski definition) is 3. The molecule has 0 aliphatic heterocycles. The van der Waals surface area contributed by atoms with Gasteiger partial charge in [-0.1, -0.05) is 36.2 Å². The molecule has 2 rings (SSSR count). The fourth-order valence-electron chi connectivity index (χ4n) is 2.12. The number of benzene rings is 1. The van der Waals surface area contributed by atoms with Gasteiger partial charge < -0.3 is 5.32 Å². The standard InChI is InChI=1S/C15H17Cl2N3/c1-4-13-9(2)15(18-3)20-14(19-13)7-10-5-6-11(16)8-12(10)17/h5-6,8H,4,7H2,1-3H3,(H,18,19,20). The third kappa shape index (κ3) is 3.22. The summed E-state index contributed by atoms with van der Waals surface area (Å²) in [6, 6.07) is 5.49. The number of rotatable bonds is 4. The van der Waals surface area contributed by atoms with Crippen molar-refractivity contribution >= 4 is 29.0 Å². The molecule has 0 amide bonds. The van der Waals surface area contributed by atoms with Crippen molar-refractivity contribution < 1.29 is 0 Å². The monoisotopic (exact) mass is 309 g/mol. The van der Waals surface area contributed by atoms with Gasteiger partial charge in [0.25, 0.3) is 0 Å². The zero-order valence-electron chi connectivity index (χ0n) is 11.8. The van der Waals surface area contributed by atoms with Gasteiger partial charge in [0, 0.05) is 34.8 Å². The van der Waals surface area contributed by atoms with Crippen molar-refractivity contribution in [1.29, 1.82) is 0 Å². The third-order valence-electron chi connectivity index (χ3n) is 3.23. The van der Waals surface area contributed by atoms with Crippen LogP contribution in [0.5, 0.6) is 0 Å². The molecule has 0 unspecified atom stereocenters. The van der Waals surface area contributed by atoms with E-state index in [1.807, 2.05) is 26.1 Å². The summed E-state index contributed by atoms with van der Waals surface area (Å²) in [4.78, 5) is 9.16. The van der Waals surface area contributed by atoms with Gasteiger partial charge >= 0.3 is 0 Å². The molecule has 1 aromatic carbocycles. The molecule has 1 N–H and O–H groups in total. The maximum absolute atomic E-state index is 6.20. The zero-order chi connectivity index (χ0) is 14.7. The van der Waals surface area contributed by atoms with Crippen LogP contribution in [0.4, 0.5) is 5.82 Å². The molecule has 0 atom stereocenters. The number of nitrogens with one attached hydrogen (secondary N) is 1. The second kappa shape index (κ2) is 6.42. The Labute approximate surface area is 129 Å². The molecule has 0 spiro atoms. The van der Waals surface area contributed by atoms with Gasteiger partial charge in [0.1, 0.15) is 11.6 Å². The van der Waals surface area contributed by atoms with E-state index < -0.39 is 0 Å². The molecule has 0 aliphatic rings. The Morgan fingerprint density at radius 1 is 1.20 bits per heavy atom. The van der Waals surface area contributed by atoms with Crippen molar-refractivity contribution in [1.82, 2.24) is 9.97 Å². The summed E-state index contributed by atoms with van der Waals surface area (Å²) in [5, 5.41) is 4.39. The van der Waals surface area contributed by atoms with Gasteiger partial charge in [-0.3, -0.25) is 0 Å². The smallest absolute Gasteiger partial charge is 0.135 e. The summed E-state index contributed by atoms with van der Waals surface area (Å²) in [6.45, 7) is 4.12. The quantitative estimate of drug-likeness (QED) is 0.915. The molecule has 2 aromatic rings. The Morgan fingerprint density at radius 3 is 2.55 bits per heavy atom. The lowest BCUT2D eigenvalue weighted by Crippen LogP contribution is -2.07. The molecule has 0 aliphatic carbocycles. The SMILES string of the molecule is CCc1nc(Cc2ccc(Cl)cc2Cl)nc(NC)c1C. The molecular formula is C15H17Cl2N3. The van der Waals surface area contributed by atoms with E-state index >= 15 is 0 Å². The molecule has 20 heavy (non-hydrogen) atoms. The molecule has 0 radical (unpaired) electrons. The molecule has 106 valence electrons. The second-order valence-corrected chi connectivity index (χ2v) is 5.42. The van der Waals surface area contributed by atoms with Crippen LogP contribution in [-0.4, -0.2) is 17.0 Å². The van der Waals surface area contributed by atoms with E-state index in [1.165, 1.54) is 0 Å². The molecule has 1 aromatic heterocycles. The van der Waals surface area contributed by atoms with Crippen LogP contribution in [0.2, 0.25) is 10.0 Å². The summed E-state index contributed by atoms with van der Waals surface area (Å²) >= 11 is 12.1. The van der Waals surface area contributed by atoms with Crippen LogP contribution in [0.15, 0.2) is 18.2 Å². The van der Waals surface area contributed by atoms with E-state index in [2.05, 4.69) is 22.2 Å². The van der Waals surface area contributed by atoms with E-state index in [-0.39, 0.29) is 0 Å². The van der Waals surface area contributed by atoms with Gasteiger partial charge in [-0.15, -0.1) is 0 Å². The predicted molar refractivity (Wildman–Crippen MR) is 85.0 cm³/mol. The van der Waals surface area contributed by atoms with Crippen molar-refractivity contribution in [2.45, 2.75) is 26.7 Å². The highest BCUT2D eigenvalue weighted by Gasteiger charge is 2.11. The molecule has 0 saturated carbocycles. The van der Waals surface area contributed by atoms with Crippen LogP contribution in [-0.2, 0) is 12.8 Å². The lowest BCUT2D eigenvalue weighted by molar-refractivity contribution is 0.891. The van der Waals surface area contributed by atoms with Crippen molar-refractivity contribution in [3.8, 4) is 0 Å². The van der Waals surface area contributed by atoms with Crippen LogP contribution in [0.25, 0.3) is 0 Å². The van der Waals surface area contributed by atoms with Crippen LogP contribution >= 0.6 is 23.2 Å². The average molecular weight is 310 g/mol. The Morgan fingerprint density at radius 2 is 1.95 bits per heavy atom. The molecule has 5 heteroatoms. The van der Waals surface area contributed by atoms with Crippen molar-refractivity contribution in [2.75, 3.05) is 12.4 Å². The van der Waals surface area contributed by atoms with E-state index in [9.17, 15) is 0 Å². The normalized spacial score (nSPS) is 10.7. The molecule has 0 fully saturated rings. The van der Waals surface area contributed by atoms with Gasteiger partial charge in [-0.2, -0.15) is 0 Å². The van der Waals surface area contributed by atoms with Crippen LogP contribution in [0, 0.1) is 6.92 Å². The van der Waals surface area contributed by atoms with Gasteiger partial charge in [-0.05, 0) is 31.0 Å². The molecule has 1 heterocycles. The minimum Gasteiger partial charge on any atom is -0.373 e. The van der Waals surface area contributed by atoms with Crippen LogP contribution in [0.1, 0.15) is 29.6 Å². The van der Waals surface area contributed by atoms with Gasteiger partial charge in [0.15, 0.2) is 0 Å². The Bertz CT molecular complexity index is 602. The van der Waals surface area contributed by atoms with Gasteiger partial charge in [-0.25, -0.2) is 9.97 Å². The largest absolute Gasteiger partial charge is 0.373 e. The van der Waals surface area contributed by atoms with Crippen LogP contribution < -0.4 is 5.32 Å². The highest BCUT2D eigenvalue weighted by molar-refractivity contribution is 6.35. The highest BCUT2D eigenvalue weighted by Crippen LogP contribution is 2.24. The fraction of sp³-hybridized carbons (Fsp3) is 0.333. The first-order chi connectivity index (χ1) is 9.55. The summed E-state index contributed by atoms with van der Waals surface area (Å²) in [6.07, 6.45) is 1.47. The van der Waals surface area contributed by atoms with Crippen molar-refractivity contribution in [2.24, 2.45) is 0 Å². The lowest BCUT2D eigenvalue weighted by atomic mass is 10.1. The van der Waals surface area contributed by atoms with E-state index in [4.69, 9.17) is 23.2 Å². The molecule has 0 bridgehead atoms. The van der Waals surface area contributed by atoms with E-state index in [0.29, 0.717) is 16.5 Å². The number of hydrogen-bond donors (Lipinski definition) is 1. The molecule has 3 nitrogen and oxygen atoms in total. The van der Waals surface area contributed by atoms with Gasteiger partial charge in [0.2, 0.25) is 0 Å². The Kier molecular flexibility index (Phi) is 4.84. The highest BCUT2D eigenvalue weighted by atomic mass is 35.5. The van der Waals surface area contributed by atoms with E-state index in [0.717, 1.165) is 34.9 Å². The summed E-state index contributed by atoms with van der Waals surface area (Å²) in [5.74, 6) is 1.64. The van der Waals surface area contributed by atoms with Crippen molar-refractivity contribution in [3.63, 3.8) is 0 Å². The molecular weight excluding hydrogens is 293 g/mol. The number of halogens is 2. The summed E-state index contributed by atoms with van der Waals surface area (Å²) in [7, 11) is 1.87. The van der Waals surface area contributed by atoms with E-state index in [1.54, 1.807) is 6.07 Å². The minimum atomic E-state index is 0.595. The van der Waals surface area contributed by atoms with Crippen molar-refractivity contribution in [3.05, 3.63) is 50.9 Å². The fourth-order valence-corrected chi connectivity index (χ4v) is 2.59. The van der Waals surface area contributed by atoms with Gasteiger partial charge in [0.05, 0.1) is 0 Å².